The monoisotopic (exact) mass is 396 g/mol. The first-order valence-corrected chi connectivity index (χ1v) is 9.90. The predicted molar refractivity (Wildman–Crippen MR) is 111 cm³/mol. The van der Waals surface area contributed by atoms with Gasteiger partial charge in [-0.1, -0.05) is 61.1 Å². The van der Waals surface area contributed by atoms with Crippen molar-refractivity contribution < 1.29 is 0 Å². The van der Waals surface area contributed by atoms with E-state index in [9.17, 15) is 4.79 Å². The molecule has 136 valence electrons. The van der Waals surface area contributed by atoms with E-state index in [-0.39, 0.29) is 5.56 Å². The number of aromatic nitrogens is 4. The van der Waals surface area contributed by atoms with Crippen LogP contribution in [0, 0.1) is 0 Å². The topological polar surface area (TPSA) is 52.2 Å². The maximum atomic E-state index is 13.2. The molecule has 0 spiro atoms. The highest BCUT2D eigenvalue weighted by Gasteiger charge is 2.17. The SMILES string of the molecule is C=C(Cl)CSc1nnc2n(-c3ccc(CC)cc3)c(=O)c3ccccc3n12. The molecule has 2 aromatic carbocycles. The van der Waals surface area contributed by atoms with Crippen molar-refractivity contribution in [2.75, 3.05) is 5.75 Å². The molecule has 0 N–H and O–H groups in total. The van der Waals surface area contributed by atoms with Gasteiger partial charge in [-0.3, -0.25) is 9.20 Å². The molecule has 0 aliphatic carbocycles. The Morgan fingerprint density at radius 2 is 1.89 bits per heavy atom. The van der Waals surface area contributed by atoms with Gasteiger partial charge in [0.25, 0.3) is 5.56 Å². The van der Waals surface area contributed by atoms with Crippen LogP contribution in [0.25, 0.3) is 22.4 Å². The summed E-state index contributed by atoms with van der Waals surface area (Å²) in [5.74, 6) is 0.992. The molecular formula is C20H17ClN4OS. The Balaban J connectivity index is 2.03. The van der Waals surface area contributed by atoms with E-state index in [0.717, 1.165) is 17.6 Å². The zero-order chi connectivity index (χ0) is 19.0. The summed E-state index contributed by atoms with van der Waals surface area (Å²) in [5, 5.41) is 10.4. The standard InChI is InChI=1S/C20H17ClN4OS/c1-3-14-8-10-15(11-9-14)24-18(26)16-6-4-5-7-17(16)25-19(24)22-23-20(25)27-12-13(2)21/h4-11H,2-3,12H2,1H3. The molecule has 27 heavy (non-hydrogen) atoms. The number of fused-ring (bicyclic) bond motifs is 3. The molecular weight excluding hydrogens is 380 g/mol. The van der Waals surface area contributed by atoms with E-state index < -0.39 is 0 Å². The molecule has 0 radical (unpaired) electrons. The lowest BCUT2D eigenvalue weighted by Crippen LogP contribution is -2.21. The summed E-state index contributed by atoms with van der Waals surface area (Å²) >= 11 is 7.35. The molecule has 2 heterocycles. The van der Waals surface area contributed by atoms with Crippen molar-refractivity contribution in [2.24, 2.45) is 0 Å². The summed E-state index contributed by atoms with van der Waals surface area (Å²) in [7, 11) is 0. The van der Waals surface area contributed by atoms with Gasteiger partial charge in [0.2, 0.25) is 5.78 Å². The zero-order valence-corrected chi connectivity index (χ0v) is 16.3. The lowest BCUT2D eigenvalue weighted by atomic mass is 10.1. The second-order valence-corrected chi connectivity index (χ2v) is 7.58. The minimum atomic E-state index is -0.118. The van der Waals surface area contributed by atoms with Gasteiger partial charge in [-0.25, -0.2) is 4.57 Å². The van der Waals surface area contributed by atoms with Crippen molar-refractivity contribution in [3.63, 3.8) is 0 Å². The third-order valence-corrected chi connectivity index (χ3v) is 5.66. The van der Waals surface area contributed by atoms with E-state index >= 15 is 0 Å². The molecule has 2 aromatic heterocycles. The Morgan fingerprint density at radius 1 is 1.15 bits per heavy atom. The number of nitrogens with zero attached hydrogens (tertiary/aromatic N) is 4. The van der Waals surface area contributed by atoms with Gasteiger partial charge in [-0.15, -0.1) is 10.2 Å². The summed E-state index contributed by atoms with van der Waals surface area (Å²) in [6.07, 6.45) is 0.941. The number of halogens is 1. The number of aryl methyl sites for hydroxylation is 1. The molecule has 0 aliphatic heterocycles. The highest BCUT2D eigenvalue weighted by molar-refractivity contribution is 7.99. The van der Waals surface area contributed by atoms with Crippen LogP contribution in [0.5, 0.6) is 0 Å². The molecule has 4 rings (SSSR count). The summed E-state index contributed by atoms with van der Waals surface area (Å²) in [5.41, 5.74) is 2.63. The van der Waals surface area contributed by atoms with E-state index in [2.05, 4.69) is 23.7 Å². The van der Waals surface area contributed by atoms with E-state index in [1.165, 1.54) is 17.3 Å². The minimum absolute atomic E-state index is 0.118. The van der Waals surface area contributed by atoms with Crippen molar-refractivity contribution in [2.45, 2.75) is 18.5 Å². The van der Waals surface area contributed by atoms with Gasteiger partial charge in [0.1, 0.15) is 0 Å². The Hall–Kier alpha value is -2.57. The first-order chi connectivity index (χ1) is 13.1. The molecule has 0 atom stereocenters. The summed E-state index contributed by atoms with van der Waals surface area (Å²) in [6.45, 7) is 5.82. The number of rotatable bonds is 5. The quantitative estimate of drug-likeness (QED) is 0.468. The van der Waals surface area contributed by atoms with E-state index in [0.29, 0.717) is 27.1 Å². The van der Waals surface area contributed by atoms with Gasteiger partial charge in [0.05, 0.1) is 16.6 Å². The molecule has 7 heteroatoms. The number of para-hydroxylation sites is 1. The Labute approximate surface area is 165 Å². The highest BCUT2D eigenvalue weighted by Crippen LogP contribution is 2.25. The zero-order valence-electron chi connectivity index (χ0n) is 14.7. The van der Waals surface area contributed by atoms with Gasteiger partial charge in [0.15, 0.2) is 5.16 Å². The molecule has 0 saturated heterocycles. The van der Waals surface area contributed by atoms with Crippen molar-refractivity contribution in [3.05, 3.63) is 76.1 Å². The third-order valence-electron chi connectivity index (χ3n) is 4.36. The van der Waals surface area contributed by atoms with Crippen LogP contribution in [-0.2, 0) is 6.42 Å². The first-order valence-electron chi connectivity index (χ1n) is 8.54. The fourth-order valence-electron chi connectivity index (χ4n) is 3.03. The van der Waals surface area contributed by atoms with Gasteiger partial charge in [0, 0.05) is 10.8 Å². The summed E-state index contributed by atoms with van der Waals surface area (Å²) < 4.78 is 3.50. The molecule has 0 aliphatic rings. The van der Waals surface area contributed by atoms with Crippen LogP contribution in [-0.4, -0.2) is 24.9 Å². The molecule has 0 unspecified atom stereocenters. The smallest absolute Gasteiger partial charge is 0.267 e. The summed E-state index contributed by atoms with van der Waals surface area (Å²) in [6, 6.07) is 15.4. The van der Waals surface area contributed by atoms with Gasteiger partial charge < -0.3 is 0 Å². The molecule has 4 aromatic rings. The molecule has 0 fully saturated rings. The molecule has 0 bridgehead atoms. The molecule has 5 nitrogen and oxygen atoms in total. The van der Waals surface area contributed by atoms with Gasteiger partial charge in [-0.05, 0) is 36.2 Å². The maximum absolute atomic E-state index is 13.2. The van der Waals surface area contributed by atoms with Gasteiger partial charge in [-0.2, -0.15) is 0 Å². The Bertz CT molecular complexity index is 1210. The van der Waals surface area contributed by atoms with Crippen molar-refractivity contribution in [3.8, 4) is 5.69 Å². The number of hydrogen-bond acceptors (Lipinski definition) is 4. The van der Waals surface area contributed by atoms with Crippen molar-refractivity contribution >= 4 is 40.0 Å². The average Bonchev–Trinajstić information content (AvgIpc) is 3.11. The third kappa shape index (κ3) is 3.15. The van der Waals surface area contributed by atoms with Crippen LogP contribution in [0.2, 0.25) is 0 Å². The number of benzene rings is 2. The second-order valence-electron chi connectivity index (χ2n) is 6.10. The fourth-order valence-corrected chi connectivity index (χ4v) is 3.89. The van der Waals surface area contributed by atoms with E-state index in [4.69, 9.17) is 11.6 Å². The second kappa shape index (κ2) is 7.21. The minimum Gasteiger partial charge on any atom is -0.268 e. The van der Waals surface area contributed by atoms with Crippen LogP contribution in [0.1, 0.15) is 12.5 Å². The summed E-state index contributed by atoms with van der Waals surface area (Å²) in [4.78, 5) is 13.2. The van der Waals surface area contributed by atoms with Crippen molar-refractivity contribution in [1.82, 2.24) is 19.2 Å². The Morgan fingerprint density at radius 3 is 2.59 bits per heavy atom. The largest absolute Gasteiger partial charge is 0.268 e. The van der Waals surface area contributed by atoms with Crippen LogP contribution in [0.15, 0.2) is 70.1 Å². The van der Waals surface area contributed by atoms with Crippen LogP contribution in [0.3, 0.4) is 0 Å². The lowest BCUT2D eigenvalue weighted by molar-refractivity contribution is 0.931. The average molecular weight is 397 g/mol. The van der Waals surface area contributed by atoms with Crippen molar-refractivity contribution in [1.29, 1.82) is 0 Å². The Kier molecular flexibility index (Phi) is 4.76. The van der Waals surface area contributed by atoms with Crippen LogP contribution >= 0.6 is 23.4 Å². The highest BCUT2D eigenvalue weighted by atomic mass is 35.5. The molecule has 0 saturated carbocycles. The maximum Gasteiger partial charge on any atom is 0.267 e. The fraction of sp³-hybridized carbons (Fsp3) is 0.150. The number of thioether (sulfide) groups is 1. The van der Waals surface area contributed by atoms with Crippen LogP contribution in [0.4, 0.5) is 0 Å². The predicted octanol–water partition coefficient (Wildman–Crippen LogP) is 4.44. The normalized spacial score (nSPS) is 11.3. The first kappa shape index (κ1) is 17.8. The van der Waals surface area contributed by atoms with Crippen LogP contribution < -0.4 is 5.56 Å². The molecule has 0 amide bonds. The van der Waals surface area contributed by atoms with Gasteiger partial charge >= 0.3 is 0 Å². The lowest BCUT2D eigenvalue weighted by Gasteiger charge is -2.11. The van der Waals surface area contributed by atoms with E-state index in [1.807, 2.05) is 52.9 Å². The number of hydrogen-bond donors (Lipinski definition) is 0. The van der Waals surface area contributed by atoms with E-state index in [1.54, 1.807) is 4.57 Å².